The van der Waals surface area contributed by atoms with Gasteiger partial charge in [0, 0.05) is 31.2 Å². The number of rotatable bonds is 2. The van der Waals surface area contributed by atoms with Gasteiger partial charge in [-0.2, -0.15) is 0 Å². The average Bonchev–Trinajstić information content (AvgIpc) is 3.00. The van der Waals surface area contributed by atoms with Crippen LogP contribution >= 0.6 is 11.3 Å². The molecule has 1 aromatic carbocycles. The van der Waals surface area contributed by atoms with Crippen LogP contribution in [0.4, 0.5) is 16.3 Å². The number of carbonyl (C=O) groups is 1. The van der Waals surface area contributed by atoms with E-state index in [1.165, 1.54) is 10.4 Å². The monoisotopic (exact) mass is 353 g/mol. The molecule has 1 aliphatic rings. The minimum atomic E-state index is -0.0618. The number of benzene rings is 1. The Morgan fingerprint density at radius 3 is 2.80 bits per heavy atom. The standard InChI is InChI=1S/C18H19N5OS/c1-22(2)16-15-13-8-9-23(10-14(13)25-17(15)20-11-19-16)18(24)21-12-6-4-3-5-7-12/h3-7,11H,8-10H2,1-2H3,(H,21,24). The fourth-order valence-electron chi connectivity index (χ4n) is 3.15. The van der Waals surface area contributed by atoms with E-state index in [9.17, 15) is 4.79 Å². The summed E-state index contributed by atoms with van der Waals surface area (Å²) >= 11 is 1.66. The number of thiophene rings is 1. The molecule has 128 valence electrons. The van der Waals surface area contributed by atoms with Crippen LogP contribution in [0.25, 0.3) is 10.2 Å². The smallest absolute Gasteiger partial charge is 0.322 e. The van der Waals surface area contributed by atoms with Gasteiger partial charge < -0.3 is 15.1 Å². The van der Waals surface area contributed by atoms with Crippen molar-refractivity contribution in [1.82, 2.24) is 14.9 Å². The van der Waals surface area contributed by atoms with Gasteiger partial charge in [0.15, 0.2) is 0 Å². The summed E-state index contributed by atoms with van der Waals surface area (Å²) in [7, 11) is 3.99. The Morgan fingerprint density at radius 1 is 1.24 bits per heavy atom. The van der Waals surface area contributed by atoms with Crippen LogP contribution in [-0.2, 0) is 13.0 Å². The number of nitrogens with one attached hydrogen (secondary N) is 1. The zero-order valence-corrected chi connectivity index (χ0v) is 15.0. The fourth-order valence-corrected chi connectivity index (χ4v) is 4.35. The van der Waals surface area contributed by atoms with Gasteiger partial charge in [-0.1, -0.05) is 18.2 Å². The van der Waals surface area contributed by atoms with Crippen molar-refractivity contribution in [1.29, 1.82) is 0 Å². The molecule has 3 aromatic rings. The molecule has 0 spiro atoms. The molecule has 0 unspecified atom stereocenters. The van der Waals surface area contributed by atoms with Gasteiger partial charge >= 0.3 is 6.03 Å². The SMILES string of the molecule is CN(C)c1ncnc2sc3c(c12)CCN(C(=O)Nc1ccccc1)C3. The van der Waals surface area contributed by atoms with Crippen molar-refractivity contribution >= 4 is 39.1 Å². The van der Waals surface area contributed by atoms with Crippen LogP contribution in [0.15, 0.2) is 36.7 Å². The van der Waals surface area contributed by atoms with Crippen molar-refractivity contribution in [2.75, 3.05) is 30.9 Å². The Kier molecular flexibility index (Phi) is 4.01. The lowest BCUT2D eigenvalue weighted by atomic mass is 10.1. The van der Waals surface area contributed by atoms with Gasteiger partial charge in [0.25, 0.3) is 0 Å². The number of aromatic nitrogens is 2. The molecular weight excluding hydrogens is 334 g/mol. The van der Waals surface area contributed by atoms with Crippen LogP contribution in [-0.4, -0.2) is 41.5 Å². The van der Waals surface area contributed by atoms with Gasteiger partial charge in [0.05, 0.1) is 11.9 Å². The molecule has 0 fully saturated rings. The topological polar surface area (TPSA) is 61.4 Å². The van der Waals surface area contributed by atoms with Crippen LogP contribution in [0.5, 0.6) is 0 Å². The molecule has 2 amide bonds. The van der Waals surface area contributed by atoms with Crippen LogP contribution in [0.1, 0.15) is 10.4 Å². The predicted octanol–water partition coefficient (Wildman–Crippen LogP) is 3.35. The maximum Gasteiger partial charge on any atom is 0.322 e. The maximum atomic E-state index is 12.6. The summed E-state index contributed by atoms with van der Waals surface area (Å²) in [5, 5.41) is 4.10. The second kappa shape index (κ2) is 6.33. The first-order valence-electron chi connectivity index (χ1n) is 8.17. The van der Waals surface area contributed by atoms with Crippen molar-refractivity contribution in [3.63, 3.8) is 0 Å². The number of hydrogen-bond acceptors (Lipinski definition) is 5. The van der Waals surface area contributed by atoms with Crippen molar-refractivity contribution in [2.45, 2.75) is 13.0 Å². The van der Waals surface area contributed by atoms with Crippen LogP contribution in [0.3, 0.4) is 0 Å². The van der Waals surface area contributed by atoms with Crippen molar-refractivity contribution in [2.24, 2.45) is 0 Å². The first-order chi connectivity index (χ1) is 12.1. The molecule has 0 bridgehead atoms. The van der Waals surface area contributed by atoms with Gasteiger partial charge in [-0.3, -0.25) is 0 Å². The Bertz CT molecular complexity index is 922. The van der Waals surface area contributed by atoms with Crippen LogP contribution in [0, 0.1) is 0 Å². The third-order valence-electron chi connectivity index (χ3n) is 4.35. The Morgan fingerprint density at radius 2 is 2.04 bits per heavy atom. The molecule has 0 radical (unpaired) electrons. The molecule has 25 heavy (non-hydrogen) atoms. The molecule has 1 aliphatic heterocycles. The maximum absolute atomic E-state index is 12.6. The molecule has 0 saturated heterocycles. The van der Waals surface area contributed by atoms with Crippen LogP contribution < -0.4 is 10.2 Å². The third kappa shape index (κ3) is 2.91. The van der Waals surface area contributed by atoms with Gasteiger partial charge in [0.2, 0.25) is 0 Å². The van der Waals surface area contributed by atoms with Crippen molar-refractivity contribution in [3.8, 4) is 0 Å². The summed E-state index contributed by atoms with van der Waals surface area (Å²) in [4.78, 5) is 27.5. The number of carbonyl (C=O) groups excluding carboxylic acids is 1. The number of hydrogen-bond donors (Lipinski definition) is 1. The van der Waals surface area contributed by atoms with E-state index in [-0.39, 0.29) is 6.03 Å². The molecule has 2 aromatic heterocycles. The summed E-state index contributed by atoms with van der Waals surface area (Å²) in [6.45, 7) is 1.31. The number of para-hydroxylation sites is 1. The normalized spacial score (nSPS) is 13.6. The molecule has 6 nitrogen and oxygen atoms in total. The van der Waals surface area contributed by atoms with E-state index in [4.69, 9.17) is 0 Å². The first-order valence-corrected chi connectivity index (χ1v) is 8.98. The minimum absolute atomic E-state index is 0.0618. The molecule has 0 aliphatic carbocycles. The number of nitrogens with zero attached hydrogens (tertiary/aromatic N) is 4. The van der Waals surface area contributed by atoms with Crippen molar-refractivity contribution < 1.29 is 4.79 Å². The second-order valence-electron chi connectivity index (χ2n) is 6.24. The highest BCUT2D eigenvalue weighted by Gasteiger charge is 2.26. The summed E-state index contributed by atoms with van der Waals surface area (Å²) in [5.74, 6) is 0.949. The molecule has 4 rings (SSSR count). The third-order valence-corrected chi connectivity index (χ3v) is 5.48. The molecular formula is C18H19N5OS. The molecule has 0 saturated carbocycles. The summed E-state index contributed by atoms with van der Waals surface area (Å²) in [5.41, 5.74) is 2.10. The number of anilines is 2. The van der Waals surface area contributed by atoms with E-state index in [1.807, 2.05) is 54.2 Å². The summed E-state index contributed by atoms with van der Waals surface area (Å²) in [6, 6.07) is 9.49. The Balaban J connectivity index is 1.60. The Labute approximate surface area is 150 Å². The van der Waals surface area contributed by atoms with Gasteiger partial charge in [-0.05, 0) is 24.1 Å². The van der Waals surface area contributed by atoms with Gasteiger partial charge in [-0.15, -0.1) is 11.3 Å². The lowest BCUT2D eigenvalue weighted by Gasteiger charge is -2.27. The highest BCUT2D eigenvalue weighted by molar-refractivity contribution is 7.19. The quantitative estimate of drug-likeness (QED) is 0.767. The molecule has 1 N–H and O–H groups in total. The number of amides is 2. The number of fused-ring (bicyclic) bond motifs is 3. The lowest BCUT2D eigenvalue weighted by molar-refractivity contribution is 0.207. The summed E-state index contributed by atoms with van der Waals surface area (Å²) < 4.78 is 0. The van der Waals surface area contributed by atoms with Gasteiger partial charge in [-0.25, -0.2) is 14.8 Å². The second-order valence-corrected chi connectivity index (χ2v) is 7.33. The summed E-state index contributed by atoms with van der Waals surface area (Å²) in [6.07, 6.45) is 2.44. The lowest BCUT2D eigenvalue weighted by Crippen LogP contribution is -2.38. The van der Waals surface area contributed by atoms with E-state index >= 15 is 0 Å². The predicted molar refractivity (Wildman–Crippen MR) is 101 cm³/mol. The Hall–Kier alpha value is -2.67. The zero-order valence-electron chi connectivity index (χ0n) is 14.2. The highest BCUT2D eigenvalue weighted by atomic mass is 32.1. The van der Waals surface area contributed by atoms with E-state index in [1.54, 1.807) is 17.7 Å². The van der Waals surface area contributed by atoms with Crippen LogP contribution in [0.2, 0.25) is 0 Å². The molecule has 3 heterocycles. The van der Waals surface area contributed by atoms with E-state index in [0.717, 1.165) is 28.1 Å². The first kappa shape index (κ1) is 15.8. The van der Waals surface area contributed by atoms with E-state index in [0.29, 0.717) is 13.1 Å². The largest absolute Gasteiger partial charge is 0.362 e. The number of urea groups is 1. The average molecular weight is 353 g/mol. The van der Waals surface area contributed by atoms with E-state index in [2.05, 4.69) is 15.3 Å². The highest BCUT2D eigenvalue weighted by Crippen LogP contribution is 2.37. The fraction of sp³-hybridized carbons (Fsp3) is 0.278. The minimum Gasteiger partial charge on any atom is -0.362 e. The molecule has 0 atom stereocenters. The zero-order chi connectivity index (χ0) is 17.4. The van der Waals surface area contributed by atoms with Crippen molar-refractivity contribution in [3.05, 3.63) is 47.1 Å². The molecule has 7 heteroatoms. The van der Waals surface area contributed by atoms with E-state index < -0.39 is 0 Å². The van der Waals surface area contributed by atoms with Gasteiger partial charge in [0.1, 0.15) is 17.0 Å².